The lowest BCUT2D eigenvalue weighted by atomic mass is 10.0. The molecule has 0 radical (unpaired) electrons. The van der Waals surface area contributed by atoms with E-state index in [4.69, 9.17) is 6.42 Å². The first-order valence-electron chi connectivity index (χ1n) is 4.88. The largest absolute Gasteiger partial charge is 0.294 e. The highest BCUT2D eigenvalue weighted by Crippen LogP contribution is 2.12. The maximum atomic E-state index is 13.1. The molecule has 0 amide bonds. The number of terminal acetylenes is 1. The Balaban J connectivity index is 2.67. The van der Waals surface area contributed by atoms with Crippen molar-refractivity contribution in [2.75, 3.05) is 0 Å². The maximum Gasteiger partial charge on any atom is 0.163 e. The summed E-state index contributed by atoms with van der Waals surface area (Å²) < 4.78 is 13.1. The van der Waals surface area contributed by atoms with Gasteiger partial charge in [-0.2, -0.15) is 0 Å². The molecule has 1 aromatic carbocycles. The summed E-state index contributed by atoms with van der Waals surface area (Å²) in [5, 5.41) is 0. The quantitative estimate of drug-likeness (QED) is 0.418. The average Bonchev–Trinajstić information content (AvgIpc) is 2.22. The molecular weight excluding hydrogens is 191 g/mol. The number of hydrogen-bond donors (Lipinski definition) is 0. The molecule has 0 bridgehead atoms. The Morgan fingerprint density at radius 3 is 2.87 bits per heavy atom. The zero-order valence-corrected chi connectivity index (χ0v) is 8.72. The van der Waals surface area contributed by atoms with Crippen LogP contribution in [0.25, 0.3) is 0 Å². The molecule has 0 aliphatic carbocycles. The lowest BCUT2D eigenvalue weighted by Crippen LogP contribution is -2.00. The lowest BCUT2D eigenvalue weighted by Gasteiger charge is -2.01. The molecule has 0 saturated carbocycles. The maximum absolute atomic E-state index is 13.1. The second-order valence-corrected chi connectivity index (χ2v) is 3.44. The summed E-state index contributed by atoms with van der Waals surface area (Å²) in [5.41, 5.74) is 0.977. The van der Waals surface area contributed by atoms with E-state index in [9.17, 15) is 9.18 Å². The van der Waals surface area contributed by atoms with Crippen LogP contribution in [0.15, 0.2) is 18.2 Å². The van der Waals surface area contributed by atoms with Crippen molar-refractivity contribution < 1.29 is 9.18 Å². The van der Waals surface area contributed by atoms with Crippen molar-refractivity contribution in [1.29, 1.82) is 0 Å². The number of halogens is 1. The van der Waals surface area contributed by atoms with Gasteiger partial charge in [0, 0.05) is 18.4 Å². The summed E-state index contributed by atoms with van der Waals surface area (Å²) in [5.74, 6) is 2.08. The number of hydrogen-bond acceptors (Lipinski definition) is 1. The van der Waals surface area contributed by atoms with Gasteiger partial charge in [-0.15, -0.1) is 12.3 Å². The Kier molecular flexibility index (Phi) is 4.05. The summed E-state index contributed by atoms with van der Waals surface area (Å²) in [6.45, 7) is 1.67. The number of rotatable bonds is 4. The van der Waals surface area contributed by atoms with Gasteiger partial charge in [0.1, 0.15) is 5.82 Å². The number of benzene rings is 1. The van der Waals surface area contributed by atoms with Crippen molar-refractivity contribution in [3.8, 4) is 12.3 Å². The van der Waals surface area contributed by atoms with Crippen molar-refractivity contribution in [3.05, 3.63) is 35.1 Å². The van der Waals surface area contributed by atoms with E-state index < -0.39 is 0 Å². The molecule has 0 fully saturated rings. The number of aryl methyl sites for hydroxylation is 1. The third-order valence-electron chi connectivity index (χ3n) is 2.22. The normalized spacial score (nSPS) is 9.67. The number of carbonyl (C=O) groups excluding carboxylic acids is 1. The van der Waals surface area contributed by atoms with E-state index in [1.165, 1.54) is 6.07 Å². The van der Waals surface area contributed by atoms with E-state index in [2.05, 4.69) is 5.92 Å². The Morgan fingerprint density at radius 1 is 1.53 bits per heavy atom. The van der Waals surface area contributed by atoms with Crippen molar-refractivity contribution in [2.24, 2.45) is 0 Å². The fourth-order valence-corrected chi connectivity index (χ4v) is 1.26. The number of unbranched alkanes of at least 4 members (excludes halogenated alkanes) is 1. The van der Waals surface area contributed by atoms with Crippen LogP contribution in [0, 0.1) is 25.1 Å². The Hall–Kier alpha value is -1.62. The van der Waals surface area contributed by atoms with Crippen molar-refractivity contribution >= 4 is 5.78 Å². The smallest absolute Gasteiger partial charge is 0.163 e. The topological polar surface area (TPSA) is 17.1 Å². The second-order valence-electron chi connectivity index (χ2n) is 3.44. The molecule has 0 unspecified atom stereocenters. The Labute approximate surface area is 89.3 Å². The number of Topliss-reactive ketones (excluding diaryl/α,β-unsaturated/α-hetero) is 1. The lowest BCUT2D eigenvalue weighted by molar-refractivity contribution is 0.0980. The molecule has 0 atom stereocenters. The third kappa shape index (κ3) is 3.21. The zero-order chi connectivity index (χ0) is 11.3. The molecule has 0 N–H and O–H groups in total. The molecule has 0 aliphatic heterocycles. The monoisotopic (exact) mass is 204 g/mol. The predicted octanol–water partition coefficient (Wildman–Crippen LogP) is 3.12. The van der Waals surface area contributed by atoms with Crippen LogP contribution in [0.1, 0.15) is 35.2 Å². The fraction of sp³-hybridized carbons (Fsp3) is 0.308. The minimum Gasteiger partial charge on any atom is -0.294 e. The van der Waals surface area contributed by atoms with Crippen LogP contribution in [-0.2, 0) is 0 Å². The molecule has 1 rings (SSSR count). The summed E-state index contributed by atoms with van der Waals surface area (Å²) in [7, 11) is 0. The van der Waals surface area contributed by atoms with Crippen LogP contribution < -0.4 is 0 Å². The molecule has 78 valence electrons. The number of carbonyl (C=O) groups is 1. The van der Waals surface area contributed by atoms with E-state index in [0.717, 1.165) is 0 Å². The van der Waals surface area contributed by atoms with Gasteiger partial charge in [-0.3, -0.25) is 4.79 Å². The molecule has 0 aromatic heterocycles. The molecule has 15 heavy (non-hydrogen) atoms. The van der Waals surface area contributed by atoms with Gasteiger partial charge in [0.2, 0.25) is 0 Å². The van der Waals surface area contributed by atoms with E-state index in [-0.39, 0.29) is 11.6 Å². The van der Waals surface area contributed by atoms with Crippen LogP contribution in [0.3, 0.4) is 0 Å². The summed E-state index contributed by atoms with van der Waals surface area (Å²) in [6.07, 6.45) is 6.70. The van der Waals surface area contributed by atoms with Gasteiger partial charge in [0.25, 0.3) is 0 Å². The molecule has 2 heteroatoms. The van der Waals surface area contributed by atoms with Crippen molar-refractivity contribution in [3.63, 3.8) is 0 Å². The molecule has 0 aliphatic rings. The highest BCUT2D eigenvalue weighted by Gasteiger charge is 2.07. The number of ketones is 1. The molecule has 0 saturated heterocycles. The van der Waals surface area contributed by atoms with Crippen molar-refractivity contribution in [2.45, 2.75) is 26.2 Å². The summed E-state index contributed by atoms with van der Waals surface area (Å²) in [6, 6.07) is 4.55. The first-order chi connectivity index (χ1) is 7.15. The van der Waals surface area contributed by atoms with Gasteiger partial charge in [-0.25, -0.2) is 4.39 Å². The van der Waals surface area contributed by atoms with Crippen LogP contribution in [-0.4, -0.2) is 5.78 Å². The SMILES string of the molecule is C#CCCCC(=O)c1ccc(C)c(F)c1. The third-order valence-corrected chi connectivity index (χ3v) is 2.22. The van der Waals surface area contributed by atoms with Gasteiger partial charge in [0.05, 0.1) is 0 Å². The van der Waals surface area contributed by atoms with Crippen LogP contribution in [0.2, 0.25) is 0 Å². The molecule has 1 nitrogen and oxygen atoms in total. The second kappa shape index (κ2) is 5.31. The van der Waals surface area contributed by atoms with Crippen molar-refractivity contribution in [1.82, 2.24) is 0 Å². The first-order valence-corrected chi connectivity index (χ1v) is 4.88. The van der Waals surface area contributed by atoms with Crippen LogP contribution >= 0.6 is 0 Å². The van der Waals surface area contributed by atoms with E-state index in [1.54, 1.807) is 19.1 Å². The Morgan fingerprint density at radius 2 is 2.27 bits per heavy atom. The molecule has 1 aromatic rings. The molecular formula is C13H13FO. The van der Waals surface area contributed by atoms with E-state index in [0.29, 0.717) is 30.4 Å². The first kappa shape index (κ1) is 11.5. The minimum absolute atomic E-state index is 0.0517. The fourth-order valence-electron chi connectivity index (χ4n) is 1.26. The minimum atomic E-state index is -0.335. The summed E-state index contributed by atoms with van der Waals surface area (Å²) in [4.78, 5) is 11.5. The predicted molar refractivity (Wildman–Crippen MR) is 58.2 cm³/mol. The van der Waals surface area contributed by atoms with Gasteiger partial charge in [0.15, 0.2) is 5.78 Å². The summed E-state index contributed by atoms with van der Waals surface area (Å²) >= 11 is 0. The van der Waals surface area contributed by atoms with E-state index >= 15 is 0 Å². The zero-order valence-electron chi connectivity index (χ0n) is 8.72. The highest BCUT2D eigenvalue weighted by atomic mass is 19.1. The molecule has 0 heterocycles. The van der Waals surface area contributed by atoms with E-state index in [1.807, 2.05) is 0 Å². The Bertz CT molecular complexity index is 401. The van der Waals surface area contributed by atoms with Gasteiger partial charge >= 0.3 is 0 Å². The van der Waals surface area contributed by atoms with Crippen LogP contribution in [0.5, 0.6) is 0 Å². The standard InChI is InChI=1S/C13H13FO/c1-3-4-5-6-13(15)11-8-7-10(2)12(14)9-11/h1,7-9H,4-6H2,2H3. The van der Waals surface area contributed by atoms with Gasteiger partial charge in [-0.1, -0.05) is 12.1 Å². The van der Waals surface area contributed by atoms with Crippen LogP contribution in [0.4, 0.5) is 4.39 Å². The molecule has 0 spiro atoms. The van der Waals surface area contributed by atoms with Gasteiger partial charge in [-0.05, 0) is 25.0 Å². The average molecular weight is 204 g/mol. The highest BCUT2D eigenvalue weighted by molar-refractivity contribution is 5.96. The van der Waals surface area contributed by atoms with Gasteiger partial charge < -0.3 is 0 Å².